The molecule has 0 saturated carbocycles. The Balaban J connectivity index is 1.92. The number of nitrogens with one attached hydrogen (secondary N) is 2. The van der Waals surface area contributed by atoms with Crippen LogP contribution < -0.4 is 10.6 Å². The summed E-state index contributed by atoms with van der Waals surface area (Å²) in [5.41, 5.74) is 3.88. The predicted octanol–water partition coefficient (Wildman–Crippen LogP) is 4.78. The summed E-state index contributed by atoms with van der Waals surface area (Å²) < 4.78 is 20.6. The first-order valence-corrected chi connectivity index (χ1v) is 13.1. The molecule has 3 N–H and O–H groups in total. The highest BCUT2D eigenvalue weighted by Crippen LogP contribution is 2.35. The highest BCUT2D eigenvalue weighted by Gasteiger charge is 2.31. The quantitative estimate of drug-likeness (QED) is 0.484. The van der Waals surface area contributed by atoms with E-state index in [9.17, 15) is 14.1 Å². The van der Waals surface area contributed by atoms with Crippen LogP contribution in [0.1, 0.15) is 67.7 Å². The number of amides is 1. The zero-order chi connectivity index (χ0) is 26.8. The van der Waals surface area contributed by atoms with Gasteiger partial charge in [0, 0.05) is 14.1 Å². The third-order valence-corrected chi connectivity index (χ3v) is 6.65. The molecule has 0 aliphatic carbocycles. The van der Waals surface area contributed by atoms with Gasteiger partial charge in [0.2, 0.25) is 0 Å². The van der Waals surface area contributed by atoms with Gasteiger partial charge in [0.1, 0.15) is 0 Å². The molecule has 9 heteroatoms. The van der Waals surface area contributed by atoms with Crippen LogP contribution in [0, 0.1) is 18.3 Å². The molecule has 0 bridgehead atoms. The van der Waals surface area contributed by atoms with Crippen molar-refractivity contribution in [1.29, 1.82) is 0 Å². The van der Waals surface area contributed by atoms with Gasteiger partial charge in [-0.15, -0.1) is 8.80 Å². The number of nitrogens with zero attached hydrogens (tertiary/aromatic N) is 3. The lowest BCUT2D eigenvalue weighted by Gasteiger charge is -2.33. The molecule has 2 aromatic rings. The number of phenols is 1. The lowest BCUT2D eigenvalue weighted by molar-refractivity contribution is 0.0824. The van der Waals surface area contributed by atoms with Crippen molar-refractivity contribution in [3.63, 3.8) is 0 Å². The summed E-state index contributed by atoms with van der Waals surface area (Å²) in [6, 6.07) is 11.2. The summed E-state index contributed by atoms with van der Waals surface area (Å²) in [4.78, 5) is 13.8. The fourth-order valence-corrected chi connectivity index (χ4v) is 4.72. The minimum Gasteiger partial charge on any atom is -0.505 e. The molecule has 2 atom stereocenters. The number of rotatable bonds is 6. The molecule has 0 saturated heterocycles. The van der Waals surface area contributed by atoms with E-state index in [1.54, 1.807) is 32.3 Å². The molecule has 8 nitrogen and oxygen atoms in total. The van der Waals surface area contributed by atoms with Crippen LogP contribution in [0.25, 0.3) is 0 Å². The van der Waals surface area contributed by atoms with E-state index in [4.69, 9.17) is 0 Å². The van der Waals surface area contributed by atoms with Gasteiger partial charge in [0.05, 0.1) is 17.3 Å². The second kappa shape index (κ2) is 10.8. The SMILES string of the molecule is Cc1ccc(C(NC2=NS(=O)N=C2Nc2cccc(C(=O)N(C)C)c2O)C(C)(C)C)cc1CC(C)C. The van der Waals surface area contributed by atoms with Crippen LogP contribution in [-0.4, -0.2) is 45.9 Å². The number of benzene rings is 2. The Morgan fingerprint density at radius 3 is 2.39 bits per heavy atom. The Kier molecular flexibility index (Phi) is 8.23. The first-order chi connectivity index (χ1) is 16.8. The molecule has 0 fully saturated rings. The molecular weight excluding hydrogens is 474 g/mol. The number of phenolic OH excluding ortho intramolecular Hbond substituents is 1. The smallest absolute Gasteiger partial charge is 0.269 e. The third kappa shape index (κ3) is 6.32. The van der Waals surface area contributed by atoms with Crippen LogP contribution in [0.15, 0.2) is 45.2 Å². The Morgan fingerprint density at radius 1 is 1.11 bits per heavy atom. The van der Waals surface area contributed by atoms with Crippen LogP contribution in [-0.2, 0) is 17.6 Å². The molecule has 2 aromatic carbocycles. The van der Waals surface area contributed by atoms with Crippen LogP contribution in [0.4, 0.5) is 5.69 Å². The van der Waals surface area contributed by atoms with Crippen molar-refractivity contribution in [3.05, 3.63) is 58.7 Å². The summed E-state index contributed by atoms with van der Waals surface area (Å²) in [6.45, 7) is 12.9. The Bertz CT molecular complexity index is 1230. The second-order valence-electron chi connectivity index (χ2n) is 10.9. The lowest BCUT2D eigenvalue weighted by atomic mass is 9.81. The minimum absolute atomic E-state index is 0.153. The maximum absolute atomic E-state index is 12.4. The van der Waals surface area contributed by atoms with Gasteiger partial charge in [-0.25, -0.2) is 4.21 Å². The van der Waals surface area contributed by atoms with E-state index < -0.39 is 11.2 Å². The number of aromatic hydroxyl groups is 1. The summed E-state index contributed by atoms with van der Waals surface area (Å²) >= 11 is -1.81. The van der Waals surface area contributed by atoms with E-state index in [2.05, 4.69) is 79.2 Å². The number of carbonyl (C=O) groups excluding carboxylic acids is 1. The van der Waals surface area contributed by atoms with Crippen LogP contribution in [0.2, 0.25) is 0 Å². The number of para-hydroxylation sites is 1. The van der Waals surface area contributed by atoms with Gasteiger partial charge >= 0.3 is 0 Å². The molecule has 1 amide bonds. The monoisotopic (exact) mass is 511 g/mol. The second-order valence-corrected chi connectivity index (χ2v) is 11.7. The van der Waals surface area contributed by atoms with Crippen molar-refractivity contribution >= 4 is 34.4 Å². The zero-order valence-corrected chi connectivity index (χ0v) is 23.2. The van der Waals surface area contributed by atoms with Gasteiger partial charge in [0.15, 0.2) is 17.4 Å². The normalized spacial score (nSPS) is 16.4. The first kappa shape index (κ1) is 27.4. The van der Waals surface area contributed by atoms with Crippen molar-refractivity contribution in [1.82, 2.24) is 10.2 Å². The Labute approximate surface area is 216 Å². The van der Waals surface area contributed by atoms with Gasteiger partial charge in [-0.1, -0.05) is 58.9 Å². The molecule has 36 heavy (non-hydrogen) atoms. The fraction of sp³-hybridized carbons (Fsp3) is 0.444. The molecule has 194 valence electrons. The van der Waals surface area contributed by atoms with Crippen LogP contribution in [0.3, 0.4) is 0 Å². The number of hydrogen-bond acceptors (Lipinski definition) is 5. The summed E-state index contributed by atoms with van der Waals surface area (Å²) in [5.74, 6) is 0.571. The number of hydrogen-bond donors (Lipinski definition) is 3. The van der Waals surface area contributed by atoms with Crippen molar-refractivity contribution in [2.75, 3.05) is 19.4 Å². The molecular formula is C27H37N5O3S. The van der Waals surface area contributed by atoms with Crippen LogP contribution in [0.5, 0.6) is 5.75 Å². The van der Waals surface area contributed by atoms with E-state index >= 15 is 0 Å². The van der Waals surface area contributed by atoms with Crippen LogP contribution >= 0.6 is 0 Å². The summed E-state index contributed by atoms with van der Waals surface area (Å²) in [7, 11) is 3.23. The van der Waals surface area contributed by atoms with Gasteiger partial charge in [0.25, 0.3) is 17.1 Å². The van der Waals surface area contributed by atoms with Gasteiger partial charge in [-0.3, -0.25) is 4.79 Å². The van der Waals surface area contributed by atoms with E-state index in [1.807, 2.05) is 0 Å². The lowest BCUT2D eigenvalue weighted by Crippen LogP contribution is -2.41. The molecule has 0 radical (unpaired) electrons. The van der Waals surface area contributed by atoms with E-state index in [0.717, 1.165) is 12.0 Å². The van der Waals surface area contributed by atoms with E-state index in [-0.39, 0.29) is 40.2 Å². The third-order valence-electron chi connectivity index (χ3n) is 5.97. The van der Waals surface area contributed by atoms with E-state index in [0.29, 0.717) is 11.8 Å². The molecule has 0 aromatic heterocycles. The zero-order valence-electron chi connectivity index (χ0n) is 22.3. The molecule has 1 heterocycles. The first-order valence-electron chi connectivity index (χ1n) is 12.0. The predicted molar refractivity (Wildman–Crippen MR) is 148 cm³/mol. The molecule has 1 aliphatic heterocycles. The van der Waals surface area contributed by atoms with Gasteiger partial charge in [-0.05, 0) is 53.5 Å². The number of aryl methyl sites for hydroxylation is 1. The van der Waals surface area contributed by atoms with Crippen molar-refractivity contribution in [2.45, 2.75) is 54.0 Å². The number of anilines is 1. The summed E-state index contributed by atoms with van der Waals surface area (Å²) in [6.07, 6.45) is 0.983. The molecule has 2 unspecified atom stereocenters. The van der Waals surface area contributed by atoms with Crippen molar-refractivity contribution in [3.8, 4) is 5.75 Å². The highest BCUT2D eigenvalue weighted by molar-refractivity contribution is 7.83. The Hall–Kier alpha value is -3.20. The number of carbonyl (C=O) groups is 1. The highest BCUT2D eigenvalue weighted by atomic mass is 32.2. The average molecular weight is 512 g/mol. The van der Waals surface area contributed by atoms with E-state index in [1.165, 1.54) is 16.0 Å². The standard InChI is InChI=1S/C27H37N5O3S/c1-16(2)14-19-15-18(13-12-17(19)3)23(27(4,5)6)29-25-24(30-36(35)31-25)28-21-11-9-10-20(22(21)33)26(34)32(7)8/h9-13,15-16,23,33H,14H2,1-8H3,(H,28,30)(H,29,31). The minimum atomic E-state index is -1.81. The summed E-state index contributed by atoms with van der Waals surface area (Å²) in [5, 5.41) is 17.2. The fourth-order valence-electron chi connectivity index (χ4n) is 4.09. The maximum Gasteiger partial charge on any atom is 0.269 e. The van der Waals surface area contributed by atoms with Gasteiger partial charge in [-0.2, -0.15) is 0 Å². The number of amidine groups is 2. The molecule has 0 spiro atoms. The van der Waals surface area contributed by atoms with Gasteiger partial charge < -0.3 is 20.6 Å². The topological polar surface area (TPSA) is 106 Å². The Morgan fingerprint density at radius 2 is 1.78 bits per heavy atom. The average Bonchev–Trinajstić information content (AvgIpc) is 3.12. The van der Waals surface area contributed by atoms with Crippen molar-refractivity contribution in [2.24, 2.45) is 20.1 Å². The molecule has 3 rings (SSSR count). The van der Waals surface area contributed by atoms with Crippen molar-refractivity contribution < 1.29 is 14.1 Å². The largest absolute Gasteiger partial charge is 0.505 e. The molecule has 1 aliphatic rings. The maximum atomic E-state index is 12.4.